The van der Waals surface area contributed by atoms with E-state index in [-0.39, 0.29) is 6.04 Å². The van der Waals surface area contributed by atoms with Crippen LogP contribution in [0, 0.1) is 17.8 Å². The van der Waals surface area contributed by atoms with Crippen LogP contribution in [-0.4, -0.2) is 79.0 Å². The van der Waals surface area contributed by atoms with Gasteiger partial charge in [-0.25, -0.2) is 0 Å². The number of nitrogens with zero attached hydrogens (tertiary/aromatic N) is 5. The van der Waals surface area contributed by atoms with Crippen LogP contribution in [0.4, 0.5) is 0 Å². The molecule has 0 amide bonds. The van der Waals surface area contributed by atoms with Gasteiger partial charge in [0.05, 0.1) is 6.04 Å². The predicted octanol–water partition coefficient (Wildman–Crippen LogP) is 3.31. The average molecular weight is 547 g/mol. The third-order valence-corrected chi connectivity index (χ3v) is 8.72. The van der Waals surface area contributed by atoms with Crippen LogP contribution < -0.4 is 10.1 Å². The van der Waals surface area contributed by atoms with Gasteiger partial charge in [0.1, 0.15) is 23.6 Å². The summed E-state index contributed by atoms with van der Waals surface area (Å²) >= 11 is 0. The van der Waals surface area contributed by atoms with E-state index in [1.54, 1.807) is 4.80 Å². The smallest absolute Gasteiger partial charge is 0.321 e. The molecule has 3 N–H and O–H groups in total. The van der Waals surface area contributed by atoms with E-state index in [2.05, 4.69) is 20.7 Å². The molecule has 6 unspecified atom stereocenters. The summed E-state index contributed by atoms with van der Waals surface area (Å²) in [5.41, 5.74) is 0.801. The van der Waals surface area contributed by atoms with Crippen molar-refractivity contribution in [3.05, 3.63) is 54.6 Å². The molecule has 1 saturated carbocycles. The van der Waals surface area contributed by atoms with E-state index in [4.69, 9.17) is 4.74 Å². The first-order valence-corrected chi connectivity index (χ1v) is 14.0. The number of ether oxygens (including phenoxy) is 1. The summed E-state index contributed by atoms with van der Waals surface area (Å²) < 4.78 is 5.86. The number of aliphatic carboxylic acids is 2. The van der Waals surface area contributed by atoms with E-state index in [1.165, 1.54) is 0 Å². The molecule has 11 heteroatoms. The highest BCUT2D eigenvalue weighted by molar-refractivity contribution is 5.74. The fraction of sp³-hybridized carbons (Fsp3) is 0.483. The van der Waals surface area contributed by atoms with E-state index in [1.807, 2.05) is 59.5 Å². The largest absolute Gasteiger partial charge is 0.480 e. The van der Waals surface area contributed by atoms with Crippen LogP contribution in [0.25, 0.3) is 11.4 Å². The topological polar surface area (TPSA) is 143 Å². The Kier molecular flexibility index (Phi) is 7.48. The molecule has 3 heterocycles. The molecule has 2 aromatic carbocycles. The van der Waals surface area contributed by atoms with Gasteiger partial charge in [0.15, 0.2) is 0 Å². The number of aromatic nitrogens is 4. The van der Waals surface area contributed by atoms with Crippen molar-refractivity contribution in [1.82, 2.24) is 30.4 Å². The van der Waals surface area contributed by atoms with E-state index in [0.717, 1.165) is 37.1 Å². The van der Waals surface area contributed by atoms with Crippen molar-refractivity contribution in [1.29, 1.82) is 0 Å². The van der Waals surface area contributed by atoms with E-state index in [0.29, 0.717) is 55.3 Å². The highest BCUT2D eigenvalue weighted by atomic mass is 16.5. The van der Waals surface area contributed by atoms with Crippen molar-refractivity contribution < 1.29 is 24.5 Å². The number of tetrazole rings is 1. The Labute approximate surface area is 232 Å². The third kappa shape index (κ3) is 5.71. The van der Waals surface area contributed by atoms with Crippen molar-refractivity contribution in [3.8, 4) is 22.9 Å². The van der Waals surface area contributed by atoms with Crippen LogP contribution in [0.15, 0.2) is 54.6 Å². The zero-order valence-electron chi connectivity index (χ0n) is 22.2. The molecule has 3 aromatic rings. The van der Waals surface area contributed by atoms with Crippen LogP contribution in [0.5, 0.6) is 11.5 Å². The maximum atomic E-state index is 12.2. The van der Waals surface area contributed by atoms with Crippen LogP contribution in [0.1, 0.15) is 38.1 Å². The lowest BCUT2D eigenvalue weighted by atomic mass is 9.69. The van der Waals surface area contributed by atoms with Crippen molar-refractivity contribution in [3.63, 3.8) is 0 Å². The standard InChI is InChI=1S/C29H34N6O5/c36-28(37)25-13-21-12-18(6-7-20(21)15-30-25)16-34-17-22(14-26(34)29(38)39)35-32-27(31-33-35)19-8-10-24(11-9-19)40-23-4-2-1-3-5-23/h1-5,8-11,18,20-22,25-26,30H,6-7,12-17H2,(H,36,37)(H,38,39). The zero-order valence-corrected chi connectivity index (χ0v) is 22.2. The lowest BCUT2D eigenvalue weighted by molar-refractivity contribution is -0.143. The zero-order chi connectivity index (χ0) is 27.6. The number of carboxylic acid groups (broad SMARTS) is 2. The summed E-state index contributed by atoms with van der Waals surface area (Å²) in [6.07, 6.45) is 4.08. The first-order chi connectivity index (χ1) is 19.4. The molecule has 2 aliphatic heterocycles. The minimum absolute atomic E-state index is 0.186. The SMILES string of the molecule is O=C(O)C1CC2CC(CN3CC(n4nnc(-c5ccc(Oc6ccccc6)cc5)n4)CC3C(=O)O)CCC2CN1. The Balaban J connectivity index is 1.09. The number of piperidine rings is 1. The summed E-state index contributed by atoms with van der Waals surface area (Å²) in [5.74, 6) is 1.54. The number of carbonyl (C=O) groups is 2. The molecule has 0 bridgehead atoms. The van der Waals surface area contributed by atoms with Gasteiger partial charge in [-0.2, -0.15) is 4.80 Å². The van der Waals surface area contributed by atoms with Gasteiger partial charge in [-0.15, -0.1) is 10.2 Å². The Morgan fingerprint density at radius 2 is 1.70 bits per heavy atom. The molecule has 40 heavy (non-hydrogen) atoms. The van der Waals surface area contributed by atoms with Gasteiger partial charge in [-0.1, -0.05) is 18.2 Å². The van der Waals surface area contributed by atoms with Gasteiger partial charge >= 0.3 is 11.9 Å². The molecule has 0 radical (unpaired) electrons. The van der Waals surface area contributed by atoms with Gasteiger partial charge in [-0.3, -0.25) is 14.5 Å². The van der Waals surface area contributed by atoms with Crippen LogP contribution in [-0.2, 0) is 9.59 Å². The summed E-state index contributed by atoms with van der Waals surface area (Å²) in [6, 6.07) is 15.8. The van der Waals surface area contributed by atoms with Crippen molar-refractivity contribution in [2.45, 2.75) is 50.2 Å². The lowest BCUT2D eigenvalue weighted by Gasteiger charge is -2.42. The van der Waals surface area contributed by atoms with Crippen LogP contribution >= 0.6 is 0 Å². The number of hydrogen-bond donors (Lipinski definition) is 3. The maximum absolute atomic E-state index is 12.2. The number of para-hydroxylation sites is 1. The normalized spacial score (nSPS) is 28.6. The summed E-state index contributed by atoms with van der Waals surface area (Å²) in [4.78, 5) is 27.3. The first kappa shape index (κ1) is 26.4. The summed E-state index contributed by atoms with van der Waals surface area (Å²) in [7, 11) is 0. The molecule has 2 saturated heterocycles. The molecule has 6 rings (SSSR count). The van der Waals surface area contributed by atoms with Crippen LogP contribution in [0.3, 0.4) is 0 Å². The van der Waals surface area contributed by atoms with Gasteiger partial charge in [-0.05, 0) is 98.0 Å². The molecule has 1 aliphatic carbocycles. The molecule has 3 fully saturated rings. The molecule has 3 aliphatic rings. The van der Waals surface area contributed by atoms with Gasteiger partial charge < -0.3 is 20.3 Å². The van der Waals surface area contributed by atoms with E-state index >= 15 is 0 Å². The highest BCUT2D eigenvalue weighted by Gasteiger charge is 2.42. The number of hydrogen-bond acceptors (Lipinski definition) is 8. The summed E-state index contributed by atoms with van der Waals surface area (Å²) in [5, 5.41) is 35.7. The fourth-order valence-corrected chi connectivity index (χ4v) is 6.64. The second-order valence-corrected chi connectivity index (χ2v) is 11.3. The highest BCUT2D eigenvalue weighted by Crippen LogP contribution is 2.40. The minimum Gasteiger partial charge on any atom is -0.480 e. The number of benzene rings is 2. The lowest BCUT2D eigenvalue weighted by Crippen LogP contribution is -2.50. The second kappa shape index (κ2) is 11.3. The second-order valence-electron chi connectivity index (χ2n) is 11.3. The van der Waals surface area contributed by atoms with Crippen molar-refractivity contribution >= 4 is 11.9 Å². The van der Waals surface area contributed by atoms with Gasteiger partial charge in [0.25, 0.3) is 0 Å². The van der Waals surface area contributed by atoms with Crippen LogP contribution in [0.2, 0.25) is 0 Å². The Morgan fingerprint density at radius 3 is 2.45 bits per heavy atom. The molecular weight excluding hydrogens is 512 g/mol. The molecule has 6 atom stereocenters. The first-order valence-electron chi connectivity index (χ1n) is 14.0. The number of carboxylic acids is 2. The number of nitrogens with one attached hydrogen (secondary N) is 1. The predicted molar refractivity (Wildman–Crippen MR) is 145 cm³/mol. The monoisotopic (exact) mass is 546 g/mol. The van der Waals surface area contributed by atoms with E-state index in [9.17, 15) is 19.8 Å². The fourth-order valence-electron chi connectivity index (χ4n) is 6.64. The van der Waals surface area contributed by atoms with E-state index < -0.39 is 24.0 Å². The Morgan fingerprint density at radius 1 is 0.925 bits per heavy atom. The Bertz CT molecular complexity index is 1330. The summed E-state index contributed by atoms with van der Waals surface area (Å²) in [6.45, 7) is 1.98. The molecule has 210 valence electrons. The molecule has 11 nitrogen and oxygen atoms in total. The van der Waals surface area contributed by atoms with Gasteiger partial charge in [0.2, 0.25) is 5.82 Å². The number of likely N-dealkylation sites (tertiary alicyclic amines) is 1. The third-order valence-electron chi connectivity index (χ3n) is 8.72. The molecule has 1 aromatic heterocycles. The van der Waals surface area contributed by atoms with Crippen molar-refractivity contribution in [2.24, 2.45) is 17.8 Å². The number of rotatable bonds is 8. The quantitative estimate of drug-likeness (QED) is 0.385. The number of fused-ring (bicyclic) bond motifs is 1. The molecule has 0 spiro atoms. The maximum Gasteiger partial charge on any atom is 0.321 e. The van der Waals surface area contributed by atoms with Gasteiger partial charge in [0, 0.05) is 18.7 Å². The molecular formula is C29H34N6O5. The Hall–Kier alpha value is -3.83. The van der Waals surface area contributed by atoms with Crippen molar-refractivity contribution in [2.75, 3.05) is 19.6 Å². The average Bonchev–Trinajstić information content (AvgIpc) is 3.62. The minimum atomic E-state index is -0.835.